The standard InChI is InChI=1S/C18H14N4O2S2.BrH/c1-22(18-20-12-4-2-3-5-15(12)26-18)17-21-13(9-25-17)10-6-7-14(23)11(8-10)16(19)24;/h2-9,23H,1H3,(H2,19,24);1H. The number of nitrogens with two attached hydrogens (primary N) is 1. The first-order valence-electron chi connectivity index (χ1n) is 7.71. The maximum atomic E-state index is 11.4. The Bertz CT molecular complexity index is 1090. The van der Waals surface area contributed by atoms with Crippen molar-refractivity contribution in [1.29, 1.82) is 0 Å². The molecule has 2 heterocycles. The van der Waals surface area contributed by atoms with E-state index in [2.05, 4.69) is 9.97 Å². The normalized spacial score (nSPS) is 10.6. The van der Waals surface area contributed by atoms with E-state index >= 15 is 0 Å². The van der Waals surface area contributed by atoms with Crippen molar-refractivity contribution in [3.63, 3.8) is 0 Å². The van der Waals surface area contributed by atoms with Gasteiger partial charge < -0.3 is 10.8 Å². The number of para-hydroxylation sites is 1. The van der Waals surface area contributed by atoms with Crippen LogP contribution >= 0.6 is 39.7 Å². The van der Waals surface area contributed by atoms with Crippen molar-refractivity contribution in [1.82, 2.24) is 9.97 Å². The average Bonchev–Trinajstić information content (AvgIpc) is 3.28. The fourth-order valence-corrected chi connectivity index (χ4v) is 4.32. The van der Waals surface area contributed by atoms with Gasteiger partial charge >= 0.3 is 0 Å². The number of nitrogens with zero attached hydrogens (tertiary/aromatic N) is 3. The second-order valence-corrected chi connectivity index (χ2v) is 7.48. The molecule has 0 aliphatic rings. The Kier molecular flexibility index (Phi) is 5.45. The van der Waals surface area contributed by atoms with Gasteiger partial charge in [-0.1, -0.05) is 23.5 Å². The van der Waals surface area contributed by atoms with Crippen LogP contribution in [-0.2, 0) is 0 Å². The van der Waals surface area contributed by atoms with Crippen molar-refractivity contribution < 1.29 is 9.90 Å². The van der Waals surface area contributed by atoms with Gasteiger partial charge in [-0.2, -0.15) is 0 Å². The lowest BCUT2D eigenvalue weighted by molar-refractivity contribution is 0.0998. The Morgan fingerprint density at radius 2 is 1.93 bits per heavy atom. The van der Waals surface area contributed by atoms with E-state index in [0.29, 0.717) is 5.69 Å². The van der Waals surface area contributed by atoms with Crippen LogP contribution in [-0.4, -0.2) is 28.0 Å². The van der Waals surface area contributed by atoms with Gasteiger partial charge in [0.15, 0.2) is 10.3 Å². The molecule has 0 radical (unpaired) electrons. The smallest absolute Gasteiger partial charge is 0.252 e. The van der Waals surface area contributed by atoms with Gasteiger partial charge in [0.25, 0.3) is 5.91 Å². The largest absolute Gasteiger partial charge is 0.507 e. The zero-order valence-corrected chi connectivity index (χ0v) is 17.5. The van der Waals surface area contributed by atoms with E-state index in [-0.39, 0.29) is 28.3 Å². The Labute approximate surface area is 173 Å². The summed E-state index contributed by atoms with van der Waals surface area (Å²) in [5, 5.41) is 13.3. The van der Waals surface area contributed by atoms with Crippen molar-refractivity contribution in [2.45, 2.75) is 0 Å². The monoisotopic (exact) mass is 462 g/mol. The molecular formula is C18H15BrN4O2S2. The zero-order valence-electron chi connectivity index (χ0n) is 14.1. The van der Waals surface area contributed by atoms with Crippen LogP contribution in [0.2, 0.25) is 0 Å². The molecule has 4 rings (SSSR count). The summed E-state index contributed by atoms with van der Waals surface area (Å²) < 4.78 is 1.12. The predicted molar refractivity (Wildman–Crippen MR) is 116 cm³/mol. The highest BCUT2D eigenvalue weighted by Crippen LogP contribution is 2.35. The van der Waals surface area contributed by atoms with Crippen molar-refractivity contribution in [3.05, 3.63) is 53.4 Å². The summed E-state index contributed by atoms with van der Waals surface area (Å²) in [6.07, 6.45) is 0. The Hall–Kier alpha value is -2.49. The van der Waals surface area contributed by atoms with Gasteiger partial charge in [0.2, 0.25) is 0 Å². The Morgan fingerprint density at radius 1 is 1.15 bits per heavy atom. The minimum absolute atomic E-state index is 0. The summed E-state index contributed by atoms with van der Waals surface area (Å²) in [6.45, 7) is 0. The molecule has 0 saturated heterocycles. The number of carbonyl (C=O) groups is 1. The molecule has 0 unspecified atom stereocenters. The number of halogens is 1. The molecular weight excluding hydrogens is 448 g/mol. The van der Waals surface area contributed by atoms with Crippen LogP contribution in [0.15, 0.2) is 47.8 Å². The number of rotatable bonds is 4. The third-order valence-electron chi connectivity index (χ3n) is 3.91. The molecule has 0 aliphatic heterocycles. The molecule has 1 amide bonds. The van der Waals surface area contributed by atoms with Crippen molar-refractivity contribution >= 4 is 66.0 Å². The molecule has 0 atom stereocenters. The van der Waals surface area contributed by atoms with Crippen molar-refractivity contribution in [2.24, 2.45) is 5.73 Å². The third kappa shape index (κ3) is 3.66. The van der Waals surface area contributed by atoms with E-state index in [1.165, 1.54) is 17.4 Å². The molecule has 9 heteroatoms. The first-order valence-corrected chi connectivity index (χ1v) is 9.40. The molecule has 27 heavy (non-hydrogen) atoms. The molecule has 0 bridgehead atoms. The number of carbonyl (C=O) groups excluding carboxylic acids is 1. The molecule has 2 aromatic heterocycles. The quantitative estimate of drug-likeness (QED) is 0.463. The van der Waals surface area contributed by atoms with Gasteiger partial charge in [-0.05, 0) is 30.3 Å². The zero-order chi connectivity index (χ0) is 18.3. The van der Waals surface area contributed by atoms with Crippen LogP contribution in [0.5, 0.6) is 5.75 Å². The highest BCUT2D eigenvalue weighted by Gasteiger charge is 2.16. The molecule has 4 aromatic rings. The lowest BCUT2D eigenvalue weighted by Crippen LogP contribution is -2.11. The van der Waals surface area contributed by atoms with Gasteiger partial charge in [0, 0.05) is 18.0 Å². The first kappa shape index (κ1) is 19.3. The fraction of sp³-hybridized carbons (Fsp3) is 0.0556. The molecule has 0 fully saturated rings. The summed E-state index contributed by atoms with van der Waals surface area (Å²) >= 11 is 3.08. The molecule has 0 spiro atoms. The highest BCUT2D eigenvalue weighted by atomic mass is 79.9. The SMILES string of the molecule is Br.CN(c1nc(-c2ccc(O)c(C(N)=O)c2)cs1)c1nc2ccccc2s1. The van der Waals surface area contributed by atoms with Gasteiger partial charge in [-0.25, -0.2) is 9.97 Å². The third-order valence-corrected chi connectivity index (χ3v) is 5.94. The molecule has 138 valence electrons. The van der Waals surface area contributed by atoms with Crippen molar-refractivity contribution in [2.75, 3.05) is 11.9 Å². The number of hydrogen-bond acceptors (Lipinski definition) is 7. The van der Waals surface area contributed by atoms with Gasteiger partial charge in [-0.3, -0.25) is 9.69 Å². The lowest BCUT2D eigenvalue weighted by atomic mass is 10.1. The predicted octanol–water partition coefficient (Wildman–Crippen LogP) is 4.57. The number of primary amides is 1. The number of aromatic hydroxyl groups is 1. The van der Waals surface area contributed by atoms with Crippen molar-refractivity contribution in [3.8, 4) is 17.0 Å². The van der Waals surface area contributed by atoms with Crippen LogP contribution in [0.1, 0.15) is 10.4 Å². The van der Waals surface area contributed by atoms with Crippen LogP contribution in [0, 0.1) is 0 Å². The van der Waals surface area contributed by atoms with Crippen LogP contribution < -0.4 is 10.6 Å². The number of amides is 1. The van der Waals surface area contributed by atoms with E-state index in [1.54, 1.807) is 23.5 Å². The van der Waals surface area contributed by atoms with E-state index in [4.69, 9.17) is 5.73 Å². The molecule has 0 aliphatic carbocycles. The topological polar surface area (TPSA) is 92.3 Å². The van der Waals surface area contributed by atoms with Crippen LogP contribution in [0.3, 0.4) is 0 Å². The second-order valence-electron chi connectivity index (χ2n) is 5.63. The molecule has 6 nitrogen and oxygen atoms in total. The number of hydrogen-bond donors (Lipinski definition) is 2. The van der Waals surface area contributed by atoms with E-state index in [0.717, 1.165) is 26.0 Å². The maximum Gasteiger partial charge on any atom is 0.252 e. The van der Waals surface area contributed by atoms with E-state index in [9.17, 15) is 9.90 Å². The molecule has 3 N–H and O–H groups in total. The van der Waals surface area contributed by atoms with Gasteiger partial charge in [0.05, 0.1) is 21.5 Å². The Morgan fingerprint density at radius 3 is 2.67 bits per heavy atom. The number of thiazole rings is 2. The highest BCUT2D eigenvalue weighted by molar-refractivity contribution is 8.93. The van der Waals surface area contributed by atoms with Gasteiger partial charge in [0.1, 0.15) is 5.75 Å². The Balaban J connectivity index is 0.00000210. The number of fused-ring (bicyclic) bond motifs is 1. The van der Waals surface area contributed by atoms with Gasteiger partial charge in [-0.15, -0.1) is 28.3 Å². The number of aromatic nitrogens is 2. The van der Waals surface area contributed by atoms with Crippen LogP contribution in [0.4, 0.5) is 10.3 Å². The molecule has 2 aromatic carbocycles. The average molecular weight is 463 g/mol. The number of phenols is 1. The number of anilines is 2. The summed E-state index contributed by atoms with van der Waals surface area (Å²) in [4.78, 5) is 22.6. The minimum Gasteiger partial charge on any atom is -0.507 e. The minimum atomic E-state index is -0.675. The van der Waals surface area contributed by atoms with E-state index in [1.807, 2.05) is 41.6 Å². The summed E-state index contributed by atoms with van der Waals surface area (Å²) in [5.41, 5.74) is 7.76. The maximum absolute atomic E-state index is 11.4. The summed E-state index contributed by atoms with van der Waals surface area (Å²) in [6, 6.07) is 12.7. The molecule has 0 saturated carbocycles. The number of benzene rings is 2. The fourth-order valence-electron chi connectivity index (χ4n) is 2.53. The summed E-state index contributed by atoms with van der Waals surface area (Å²) in [5.74, 6) is -0.810. The van der Waals surface area contributed by atoms with E-state index < -0.39 is 5.91 Å². The van der Waals surface area contributed by atoms with Crippen LogP contribution in [0.25, 0.3) is 21.5 Å². The second kappa shape index (κ2) is 7.63. The lowest BCUT2D eigenvalue weighted by Gasteiger charge is -2.11. The summed E-state index contributed by atoms with van der Waals surface area (Å²) in [7, 11) is 1.92. The first-order chi connectivity index (χ1) is 12.5.